The molecule has 0 fully saturated rings. The highest BCUT2D eigenvalue weighted by atomic mass is 16.5. The molecule has 14 heavy (non-hydrogen) atoms. The molecule has 1 atom stereocenters. The van der Waals surface area contributed by atoms with Gasteiger partial charge in [0.1, 0.15) is 0 Å². The fraction of sp³-hybridized carbons (Fsp3) is 0.778. The maximum absolute atomic E-state index is 8.62. The van der Waals surface area contributed by atoms with Gasteiger partial charge in [-0.2, -0.15) is 4.98 Å². The van der Waals surface area contributed by atoms with Crippen molar-refractivity contribution in [3.05, 3.63) is 11.7 Å². The zero-order valence-electron chi connectivity index (χ0n) is 8.66. The standard InChI is InChI=1S/C9H17N3O2/c1-7(10-2)6-8-11-9(14-12-8)4-3-5-13/h7,10,13H,3-6H2,1-2H3. The van der Waals surface area contributed by atoms with Crippen LogP contribution in [-0.4, -0.2) is 34.9 Å². The number of nitrogens with one attached hydrogen (secondary N) is 1. The van der Waals surface area contributed by atoms with Crippen LogP contribution in [0, 0.1) is 0 Å². The molecule has 0 spiro atoms. The van der Waals surface area contributed by atoms with Crippen molar-refractivity contribution in [2.24, 2.45) is 0 Å². The second kappa shape index (κ2) is 5.72. The number of hydrogen-bond donors (Lipinski definition) is 2. The van der Waals surface area contributed by atoms with Crippen molar-refractivity contribution in [1.82, 2.24) is 15.5 Å². The summed E-state index contributed by atoms with van der Waals surface area (Å²) in [5.74, 6) is 1.33. The number of nitrogens with zero attached hydrogens (tertiary/aromatic N) is 2. The lowest BCUT2D eigenvalue weighted by Crippen LogP contribution is -2.24. The molecule has 0 radical (unpaired) electrons. The van der Waals surface area contributed by atoms with Crippen molar-refractivity contribution < 1.29 is 9.63 Å². The number of aliphatic hydroxyl groups excluding tert-OH is 1. The van der Waals surface area contributed by atoms with Crippen LogP contribution in [0.4, 0.5) is 0 Å². The molecule has 5 nitrogen and oxygen atoms in total. The highest BCUT2D eigenvalue weighted by molar-refractivity contribution is 4.89. The minimum absolute atomic E-state index is 0.157. The topological polar surface area (TPSA) is 71.2 Å². The molecule has 1 heterocycles. The van der Waals surface area contributed by atoms with Crippen LogP contribution in [0.3, 0.4) is 0 Å². The van der Waals surface area contributed by atoms with E-state index in [9.17, 15) is 0 Å². The second-order valence-corrected chi connectivity index (χ2v) is 3.33. The maximum Gasteiger partial charge on any atom is 0.226 e. The monoisotopic (exact) mass is 199 g/mol. The Balaban J connectivity index is 2.42. The summed E-state index contributed by atoms with van der Waals surface area (Å²) < 4.78 is 5.01. The first kappa shape index (κ1) is 11.1. The van der Waals surface area contributed by atoms with Gasteiger partial charge in [0.2, 0.25) is 5.89 Å². The molecular weight excluding hydrogens is 182 g/mol. The fourth-order valence-electron chi connectivity index (χ4n) is 1.08. The van der Waals surface area contributed by atoms with Crippen LogP contribution < -0.4 is 5.32 Å². The zero-order chi connectivity index (χ0) is 10.4. The van der Waals surface area contributed by atoms with Gasteiger partial charge in [-0.05, 0) is 20.4 Å². The van der Waals surface area contributed by atoms with E-state index < -0.39 is 0 Å². The highest BCUT2D eigenvalue weighted by Gasteiger charge is 2.08. The first-order valence-electron chi connectivity index (χ1n) is 4.86. The number of aryl methyl sites for hydroxylation is 1. The molecule has 2 N–H and O–H groups in total. The molecule has 1 rings (SSSR count). The molecule has 0 saturated heterocycles. The van der Waals surface area contributed by atoms with Gasteiger partial charge in [0, 0.05) is 25.5 Å². The van der Waals surface area contributed by atoms with Crippen molar-refractivity contribution >= 4 is 0 Å². The number of aromatic nitrogens is 2. The quantitative estimate of drug-likeness (QED) is 0.682. The van der Waals surface area contributed by atoms with Gasteiger partial charge < -0.3 is 14.9 Å². The van der Waals surface area contributed by atoms with Gasteiger partial charge in [0.15, 0.2) is 5.82 Å². The van der Waals surface area contributed by atoms with Crippen molar-refractivity contribution in [1.29, 1.82) is 0 Å². The first-order chi connectivity index (χ1) is 6.76. The van der Waals surface area contributed by atoms with Crippen LogP contribution in [0.15, 0.2) is 4.52 Å². The van der Waals surface area contributed by atoms with E-state index in [1.54, 1.807) is 0 Å². The Labute approximate surface area is 83.5 Å². The van der Waals surface area contributed by atoms with Gasteiger partial charge in [0.05, 0.1) is 0 Å². The molecule has 1 aromatic rings. The third-order valence-electron chi connectivity index (χ3n) is 2.04. The van der Waals surface area contributed by atoms with E-state index in [-0.39, 0.29) is 6.61 Å². The van der Waals surface area contributed by atoms with Gasteiger partial charge in [0.25, 0.3) is 0 Å². The summed E-state index contributed by atoms with van der Waals surface area (Å²) >= 11 is 0. The second-order valence-electron chi connectivity index (χ2n) is 3.33. The number of hydrogen-bond acceptors (Lipinski definition) is 5. The molecule has 5 heteroatoms. The van der Waals surface area contributed by atoms with Crippen molar-refractivity contribution in [2.45, 2.75) is 32.2 Å². The predicted octanol–water partition coefficient (Wildman–Crippen LogP) is 0.145. The molecule has 0 aliphatic heterocycles. The summed E-state index contributed by atoms with van der Waals surface area (Å²) in [5.41, 5.74) is 0. The molecular formula is C9H17N3O2. The maximum atomic E-state index is 8.62. The molecule has 0 bridgehead atoms. The average Bonchev–Trinajstić information content (AvgIpc) is 2.62. The first-order valence-corrected chi connectivity index (χ1v) is 4.86. The Kier molecular flexibility index (Phi) is 4.55. The lowest BCUT2D eigenvalue weighted by atomic mass is 10.2. The van der Waals surface area contributed by atoms with Crippen LogP contribution in [-0.2, 0) is 12.8 Å². The molecule has 1 unspecified atom stereocenters. The summed E-state index contributed by atoms with van der Waals surface area (Å²) in [7, 11) is 1.90. The Bertz CT molecular complexity index is 262. The third kappa shape index (κ3) is 3.43. The van der Waals surface area contributed by atoms with Crippen LogP contribution in [0.5, 0.6) is 0 Å². The van der Waals surface area contributed by atoms with Gasteiger partial charge in [-0.1, -0.05) is 5.16 Å². The van der Waals surface area contributed by atoms with E-state index in [1.165, 1.54) is 0 Å². The number of likely N-dealkylation sites (N-methyl/N-ethyl adjacent to an activating group) is 1. The fourth-order valence-corrected chi connectivity index (χ4v) is 1.08. The summed E-state index contributed by atoms with van der Waals surface area (Å²) in [6, 6.07) is 0.346. The van der Waals surface area contributed by atoms with E-state index in [0.717, 1.165) is 12.2 Å². The smallest absolute Gasteiger partial charge is 0.226 e. The van der Waals surface area contributed by atoms with E-state index in [1.807, 2.05) is 7.05 Å². The van der Waals surface area contributed by atoms with E-state index >= 15 is 0 Å². The summed E-state index contributed by atoms with van der Waals surface area (Å²) in [4.78, 5) is 4.21. The molecule has 1 aromatic heterocycles. The van der Waals surface area contributed by atoms with Gasteiger partial charge in [-0.3, -0.25) is 0 Å². The third-order valence-corrected chi connectivity index (χ3v) is 2.04. The lowest BCUT2D eigenvalue weighted by Gasteiger charge is -2.04. The van der Waals surface area contributed by atoms with Crippen LogP contribution in [0.2, 0.25) is 0 Å². The summed E-state index contributed by atoms with van der Waals surface area (Å²) in [5, 5.41) is 15.6. The molecule has 0 amide bonds. The molecule has 0 saturated carbocycles. The summed E-state index contributed by atoms with van der Waals surface area (Å²) in [6.07, 6.45) is 2.08. The molecule has 80 valence electrons. The Morgan fingerprint density at radius 1 is 1.57 bits per heavy atom. The van der Waals surface area contributed by atoms with Crippen molar-refractivity contribution in [3.8, 4) is 0 Å². The van der Waals surface area contributed by atoms with Gasteiger partial charge in [-0.15, -0.1) is 0 Å². The lowest BCUT2D eigenvalue weighted by molar-refractivity contribution is 0.278. The van der Waals surface area contributed by atoms with Crippen LogP contribution in [0.1, 0.15) is 25.1 Å². The van der Waals surface area contributed by atoms with Crippen LogP contribution in [0.25, 0.3) is 0 Å². The van der Waals surface area contributed by atoms with Crippen LogP contribution >= 0.6 is 0 Å². The average molecular weight is 199 g/mol. The zero-order valence-corrected chi connectivity index (χ0v) is 8.66. The minimum atomic E-state index is 0.157. The molecule has 0 aliphatic rings. The van der Waals surface area contributed by atoms with Crippen molar-refractivity contribution in [2.75, 3.05) is 13.7 Å². The number of rotatable bonds is 6. The van der Waals surface area contributed by atoms with E-state index in [2.05, 4.69) is 22.4 Å². The largest absolute Gasteiger partial charge is 0.396 e. The SMILES string of the molecule is CNC(C)Cc1noc(CCCO)n1. The van der Waals surface area contributed by atoms with E-state index in [0.29, 0.717) is 24.8 Å². The minimum Gasteiger partial charge on any atom is -0.396 e. The molecule has 0 aliphatic carbocycles. The Morgan fingerprint density at radius 3 is 3.00 bits per heavy atom. The highest BCUT2D eigenvalue weighted by Crippen LogP contribution is 2.02. The Morgan fingerprint density at radius 2 is 2.36 bits per heavy atom. The molecule has 0 aromatic carbocycles. The van der Waals surface area contributed by atoms with E-state index in [4.69, 9.17) is 9.63 Å². The van der Waals surface area contributed by atoms with Gasteiger partial charge in [-0.25, -0.2) is 0 Å². The summed E-state index contributed by atoms with van der Waals surface area (Å²) in [6.45, 7) is 2.22. The Hall–Kier alpha value is -0.940. The number of aliphatic hydroxyl groups is 1. The normalized spacial score (nSPS) is 13.1. The van der Waals surface area contributed by atoms with Gasteiger partial charge >= 0.3 is 0 Å². The van der Waals surface area contributed by atoms with Crippen molar-refractivity contribution in [3.63, 3.8) is 0 Å². The predicted molar refractivity (Wildman–Crippen MR) is 51.9 cm³/mol.